The number of rotatable bonds is 2. The number of carbonyl (C=O) groups is 1. The Kier molecular flexibility index (Phi) is 4.24. The molecule has 4 nitrogen and oxygen atoms in total. The molecule has 1 aliphatic heterocycles. The summed E-state index contributed by atoms with van der Waals surface area (Å²) in [5, 5.41) is 1.01. The predicted octanol–water partition coefficient (Wildman–Crippen LogP) is 5.26. The molecule has 0 spiro atoms. The zero-order valence-electron chi connectivity index (χ0n) is 16.0. The first kappa shape index (κ1) is 17.4. The smallest absolute Gasteiger partial charge is 0.223 e. The molecule has 1 aromatic heterocycles. The van der Waals surface area contributed by atoms with Crippen molar-refractivity contribution in [2.24, 2.45) is 0 Å². The second kappa shape index (κ2) is 7.06. The van der Waals surface area contributed by atoms with Gasteiger partial charge in [0.15, 0.2) is 5.75 Å². The van der Waals surface area contributed by atoms with Crippen LogP contribution in [0.1, 0.15) is 35.9 Å². The molecule has 2 heterocycles. The van der Waals surface area contributed by atoms with Gasteiger partial charge in [-0.25, -0.2) is 0 Å². The van der Waals surface area contributed by atoms with Gasteiger partial charge in [0.05, 0.1) is 6.04 Å². The number of hydrogen-bond acceptors (Lipinski definition) is 3. The lowest BCUT2D eigenvalue weighted by atomic mass is 9.92. The molecule has 4 heteroatoms. The summed E-state index contributed by atoms with van der Waals surface area (Å²) in [5.74, 6) is 0.697. The molecule has 1 amide bonds. The molecule has 0 unspecified atom stereocenters. The SMILES string of the molecule is CC(=O)N1[C@@H](c2ccccc2)c2ccc3cccnc3c2O[C@H]1c1ccccc1. The van der Waals surface area contributed by atoms with Gasteiger partial charge >= 0.3 is 0 Å². The van der Waals surface area contributed by atoms with E-state index < -0.39 is 6.23 Å². The van der Waals surface area contributed by atoms with Crippen molar-refractivity contribution in [1.82, 2.24) is 9.88 Å². The van der Waals surface area contributed by atoms with Gasteiger partial charge in [-0.2, -0.15) is 0 Å². The maximum absolute atomic E-state index is 12.9. The molecule has 2 atom stereocenters. The Balaban J connectivity index is 1.79. The summed E-state index contributed by atoms with van der Waals surface area (Å²) in [7, 11) is 0. The molecular weight excluding hydrogens is 360 g/mol. The highest BCUT2D eigenvalue weighted by molar-refractivity contribution is 5.87. The second-order valence-electron chi connectivity index (χ2n) is 7.18. The van der Waals surface area contributed by atoms with E-state index in [9.17, 15) is 4.79 Å². The van der Waals surface area contributed by atoms with Gasteiger partial charge in [-0.3, -0.25) is 14.7 Å². The lowest BCUT2D eigenvalue weighted by molar-refractivity contribution is -0.142. The lowest BCUT2D eigenvalue weighted by Gasteiger charge is -2.43. The molecular formula is C25H20N2O2. The molecule has 3 aromatic carbocycles. The molecule has 4 aromatic rings. The normalized spacial score (nSPS) is 18.2. The van der Waals surface area contributed by atoms with Crippen LogP contribution < -0.4 is 4.74 Å². The first-order valence-electron chi connectivity index (χ1n) is 9.67. The molecule has 0 radical (unpaired) electrons. The fraction of sp³-hybridized carbons (Fsp3) is 0.120. The van der Waals surface area contributed by atoms with E-state index >= 15 is 0 Å². The van der Waals surface area contributed by atoms with Crippen molar-refractivity contribution in [3.05, 3.63) is 108 Å². The molecule has 1 aliphatic rings. The zero-order valence-corrected chi connectivity index (χ0v) is 16.0. The van der Waals surface area contributed by atoms with Crippen molar-refractivity contribution in [3.8, 4) is 5.75 Å². The van der Waals surface area contributed by atoms with E-state index in [1.807, 2.05) is 77.7 Å². The summed E-state index contributed by atoms with van der Waals surface area (Å²) in [6.07, 6.45) is 1.25. The van der Waals surface area contributed by atoms with Crippen molar-refractivity contribution in [2.45, 2.75) is 19.2 Å². The largest absolute Gasteiger partial charge is 0.463 e. The monoisotopic (exact) mass is 380 g/mol. The predicted molar refractivity (Wildman–Crippen MR) is 112 cm³/mol. The molecule has 0 aliphatic carbocycles. The van der Waals surface area contributed by atoms with Crippen LogP contribution in [0.4, 0.5) is 0 Å². The lowest BCUT2D eigenvalue weighted by Crippen LogP contribution is -2.43. The van der Waals surface area contributed by atoms with E-state index in [0.29, 0.717) is 0 Å². The first-order chi connectivity index (χ1) is 14.2. The summed E-state index contributed by atoms with van der Waals surface area (Å²) in [6, 6.07) is 27.8. The molecule has 0 saturated carbocycles. The van der Waals surface area contributed by atoms with Gasteiger partial charge in [0, 0.05) is 29.6 Å². The van der Waals surface area contributed by atoms with Gasteiger partial charge in [0.25, 0.3) is 0 Å². The van der Waals surface area contributed by atoms with Crippen LogP contribution in [-0.2, 0) is 4.79 Å². The molecule has 0 saturated heterocycles. The van der Waals surface area contributed by atoms with Crippen molar-refractivity contribution < 1.29 is 9.53 Å². The van der Waals surface area contributed by atoms with Crippen LogP contribution in [0.2, 0.25) is 0 Å². The zero-order chi connectivity index (χ0) is 19.8. The van der Waals surface area contributed by atoms with E-state index in [1.165, 1.54) is 0 Å². The van der Waals surface area contributed by atoms with Crippen molar-refractivity contribution >= 4 is 16.8 Å². The molecule has 0 fully saturated rings. The van der Waals surface area contributed by atoms with Gasteiger partial charge in [0.1, 0.15) is 5.52 Å². The Bertz CT molecular complexity index is 1180. The number of amides is 1. The first-order valence-corrected chi connectivity index (χ1v) is 9.67. The Hall–Kier alpha value is -3.66. The average molecular weight is 380 g/mol. The standard InChI is InChI=1S/C25H20N2O2/c1-17(28)27-23(19-9-4-2-5-10-19)21-15-14-18-13-8-16-26-22(18)24(21)29-25(27)20-11-6-3-7-12-20/h2-16,23,25H,1H3/t23-,25-/m0/s1. The quantitative estimate of drug-likeness (QED) is 0.476. The minimum atomic E-state index is -0.529. The number of benzene rings is 3. The fourth-order valence-corrected chi connectivity index (χ4v) is 4.10. The number of ether oxygens (including phenoxy) is 1. The number of aromatic nitrogens is 1. The molecule has 0 bridgehead atoms. The third-order valence-electron chi connectivity index (χ3n) is 5.38. The summed E-state index contributed by atoms with van der Waals surface area (Å²) in [4.78, 5) is 19.3. The van der Waals surface area contributed by atoms with Gasteiger partial charge in [-0.05, 0) is 11.6 Å². The van der Waals surface area contributed by atoms with Crippen molar-refractivity contribution in [3.63, 3.8) is 0 Å². The van der Waals surface area contributed by atoms with Crippen LogP contribution in [0, 0.1) is 0 Å². The van der Waals surface area contributed by atoms with Gasteiger partial charge < -0.3 is 4.74 Å². The maximum atomic E-state index is 12.9. The Morgan fingerprint density at radius 3 is 2.24 bits per heavy atom. The average Bonchev–Trinajstić information content (AvgIpc) is 2.78. The number of pyridine rings is 1. The molecule has 29 heavy (non-hydrogen) atoms. The highest BCUT2D eigenvalue weighted by Gasteiger charge is 2.40. The second-order valence-corrected chi connectivity index (χ2v) is 7.18. The van der Waals surface area contributed by atoms with Crippen molar-refractivity contribution in [2.75, 3.05) is 0 Å². The molecule has 5 rings (SSSR count). The van der Waals surface area contributed by atoms with Gasteiger partial charge in [0.2, 0.25) is 12.1 Å². The van der Waals surface area contributed by atoms with Crippen molar-refractivity contribution in [1.29, 1.82) is 0 Å². The minimum absolute atomic E-state index is 0.0422. The van der Waals surface area contributed by atoms with Crippen LogP contribution in [0.5, 0.6) is 5.75 Å². The third-order valence-corrected chi connectivity index (χ3v) is 5.38. The van der Waals surface area contributed by atoms with E-state index in [-0.39, 0.29) is 11.9 Å². The Labute approximate surface area is 169 Å². The van der Waals surface area contributed by atoms with Crippen LogP contribution in [0.3, 0.4) is 0 Å². The summed E-state index contributed by atoms with van der Waals surface area (Å²) in [6.45, 7) is 1.60. The van der Waals surface area contributed by atoms with Crippen LogP contribution in [0.25, 0.3) is 10.9 Å². The van der Waals surface area contributed by atoms with E-state index in [4.69, 9.17) is 4.74 Å². The fourth-order valence-electron chi connectivity index (χ4n) is 4.10. The Morgan fingerprint density at radius 2 is 1.55 bits per heavy atom. The van der Waals surface area contributed by atoms with Gasteiger partial charge in [-0.1, -0.05) is 78.9 Å². The number of hydrogen-bond donors (Lipinski definition) is 0. The number of fused-ring (bicyclic) bond motifs is 3. The van der Waals surface area contributed by atoms with E-state index in [2.05, 4.69) is 17.1 Å². The maximum Gasteiger partial charge on any atom is 0.223 e. The highest BCUT2D eigenvalue weighted by atomic mass is 16.5. The topological polar surface area (TPSA) is 42.4 Å². The summed E-state index contributed by atoms with van der Waals surface area (Å²) in [5.41, 5.74) is 3.74. The van der Waals surface area contributed by atoms with E-state index in [1.54, 1.807) is 13.1 Å². The van der Waals surface area contributed by atoms with Crippen LogP contribution in [-0.4, -0.2) is 15.8 Å². The summed E-state index contributed by atoms with van der Waals surface area (Å²) >= 11 is 0. The molecule has 142 valence electrons. The summed E-state index contributed by atoms with van der Waals surface area (Å²) < 4.78 is 6.50. The van der Waals surface area contributed by atoms with Crippen LogP contribution in [0.15, 0.2) is 91.1 Å². The third kappa shape index (κ3) is 2.93. The number of nitrogens with zero attached hydrogens (tertiary/aromatic N) is 2. The van der Waals surface area contributed by atoms with Crippen LogP contribution >= 0.6 is 0 Å². The van der Waals surface area contributed by atoms with Gasteiger partial charge in [-0.15, -0.1) is 0 Å². The Morgan fingerprint density at radius 1 is 0.862 bits per heavy atom. The highest BCUT2D eigenvalue weighted by Crippen LogP contribution is 2.47. The molecule has 0 N–H and O–H groups in total. The number of carbonyl (C=O) groups excluding carboxylic acids is 1. The minimum Gasteiger partial charge on any atom is -0.463 e. The van der Waals surface area contributed by atoms with E-state index in [0.717, 1.165) is 33.3 Å².